The monoisotopic (exact) mass is 1090 g/mol. The van der Waals surface area contributed by atoms with Gasteiger partial charge in [-0.15, -0.1) is 0 Å². The van der Waals surface area contributed by atoms with Crippen molar-refractivity contribution in [3.63, 3.8) is 0 Å². The Hall–Kier alpha value is -10.6. The first kappa shape index (κ1) is 53.4. The van der Waals surface area contributed by atoms with Crippen LogP contribution in [0.4, 0.5) is 0 Å². The molecule has 2 aliphatic rings. The maximum absolute atomic E-state index is 7.59. The molecule has 0 aliphatic heterocycles. The molecule has 4 aromatic heterocycles. The van der Waals surface area contributed by atoms with E-state index in [1.165, 1.54) is 25.7 Å². The third-order valence-electron chi connectivity index (χ3n) is 15.1. The topological polar surface area (TPSA) is 363 Å². The third-order valence-corrected chi connectivity index (χ3v) is 15.1. The number of hydrogen-bond donors (Lipinski definition) is 13. The number of rotatable bonds is 12. The van der Waals surface area contributed by atoms with Crippen molar-refractivity contribution >= 4 is 78.9 Å². The summed E-state index contributed by atoms with van der Waals surface area (Å²) in [4.78, 5) is 28.6. The van der Waals surface area contributed by atoms with Gasteiger partial charge < -0.3 is 53.8 Å². The highest BCUT2D eigenvalue weighted by Crippen LogP contribution is 2.32. The van der Waals surface area contributed by atoms with E-state index in [4.69, 9.17) is 70.4 Å². The molecule has 18 nitrogen and oxygen atoms in total. The van der Waals surface area contributed by atoms with E-state index in [2.05, 4.69) is 24.9 Å². The molecule has 19 N–H and O–H groups in total. The van der Waals surface area contributed by atoms with E-state index in [-0.39, 0.29) is 23.3 Å². The zero-order valence-corrected chi connectivity index (χ0v) is 45.0. The normalized spacial score (nSPS) is 14.0. The lowest BCUT2D eigenvalue weighted by molar-refractivity contribution is 0.597. The molecule has 4 heterocycles. The number of nitrogen functional groups attached to an aromatic ring is 4. The Morgan fingerprint density at radius 3 is 1.18 bits per heavy atom. The van der Waals surface area contributed by atoms with Crippen molar-refractivity contribution in [1.29, 1.82) is 21.6 Å². The molecule has 410 valence electrons. The minimum atomic E-state index is 0.0239. The number of aromatic nitrogens is 5. The number of nitrogens with zero attached hydrogens (tertiary/aromatic N) is 4. The van der Waals surface area contributed by atoms with Crippen LogP contribution >= 0.6 is 0 Å². The molecule has 0 unspecified atom stereocenters. The number of furan rings is 1. The van der Waals surface area contributed by atoms with Crippen molar-refractivity contribution in [1.82, 2.24) is 24.9 Å². The van der Waals surface area contributed by atoms with Crippen molar-refractivity contribution in [2.45, 2.75) is 63.5 Å². The fourth-order valence-corrected chi connectivity index (χ4v) is 10.5. The van der Waals surface area contributed by atoms with Crippen LogP contribution in [0.3, 0.4) is 0 Å². The SMILES string of the molecule is N=C(N)c1ccc(-c2nc3ccc(-c4nc5ccc(C(=N)N)cc5[nH]4)cc3[nH]2)cc1.N=C(N)c1ccc2c(c1)[nH]c1cc(C(=N)N)ccc12.NC(=NC1CCCC1)c1ccc(-c2ccc(-c3ccc(C(N)=NC4CCCC4)cc3)o2)cc1. The zero-order chi connectivity index (χ0) is 57.0. The lowest BCUT2D eigenvalue weighted by Gasteiger charge is -2.07. The van der Waals surface area contributed by atoms with E-state index in [0.717, 1.165) is 126 Å². The molecule has 0 bridgehead atoms. The van der Waals surface area contributed by atoms with Crippen molar-refractivity contribution in [3.05, 3.63) is 191 Å². The van der Waals surface area contributed by atoms with Gasteiger partial charge in [0.05, 0.1) is 34.2 Å². The van der Waals surface area contributed by atoms with Gasteiger partial charge in [-0.2, -0.15) is 0 Å². The maximum atomic E-state index is 7.59. The number of nitrogens with two attached hydrogens (primary N) is 6. The van der Waals surface area contributed by atoms with Crippen LogP contribution in [0.5, 0.6) is 0 Å². The molecule has 0 amide bonds. The molecule has 2 saturated carbocycles. The number of H-pyrrole nitrogens is 3. The van der Waals surface area contributed by atoms with Crippen LogP contribution in [0.15, 0.2) is 172 Å². The van der Waals surface area contributed by atoms with E-state index in [0.29, 0.717) is 46.0 Å². The molecule has 13 rings (SSSR count). The average molecular weight is 1090 g/mol. The Bertz CT molecular complexity index is 4100. The van der Waals surface area contributed by atoms with Crippen molar-refractivity contribution in [2.75, 3.05) is 0 Å². The van der Waals surface area contributed by atoms with Gasteiger partial charge in [-0.1, -0.05) is 123 Å². The van der Waals surface area contributed by atoms with Gasteiger partial charge in [-0.05, 0) is 86.3 Å². The number of benzene rings is 7. The Balaban J connectivity index is 0.000000134. The number of nitrogens with one attached hydrogen (secondary N) is 7. The van der Waals surface area contributed by atoms with Crippen LogP contribution < -0.4 is 34.4 Å². The van der Waals surface area contributed by atoms with Crippen molar-refractivity contribution < 1.29 is 4.42 Å². The number of hydrogen-bond acceptors (Lipinski definition) is 9. The van der Waals surface area contributed by atoms with Gasteiger partial charge in [-0.25, -0.2) is 9.97 Å². The average Bonchev–Trinajstić information content (AvgIpc) is 4.52. The van der Waals surface area contributed by atoms with Gasteiger partial charge in [0, 0.05) is 77.4 Å². The van der Waals surface area contributed by atoms with Crippen LogP contribution in [0, 0.1) is 21.6 Å². The van der Waals surface area contributed by atoms with Crippen LogP contribution in [0.2, 0.25) is 0 Å². The number of aromatic amines is 3. The van der Waals surface area contributed by atoms with E-state index in [1.54, 1.807) is 18.2 Å². The van der Waals surface area contributed by atoms with Crippen LogP contribution in [-0.2, 0) is 0 Å². The van der Waals surface area contributed by atoms with Crippen molar-refractivity contribution in [2.24, 2.45) is 44.4 Å². The third kappa shape index (κ3) is 11.7. The van der Waals surface area contributed by atoms with Crippen LogP contribution in [-0.4, -0.2) is 72.0 Å². The summed E-state index contributed by atoms with van der Waals surface area (Å²) in [6.45, 7) is 0. The highest BCUT2D eigenvalue weighted by atomic mass is 16.3. The van der Waals surface area contributed by atoms with E-state index >= 15 is 0 Å². The molecular formula is C64H63N17O. The zero-order valence-electron chi connectivity index (χ0n) is 45.0. The first-order valence-electron chi connectivity index (χ1n) is 27.2. The fraction of sp³-hybridized carbons (Fsp3) is 0.156. The Kier molecular flexibility index (Phi) is 15.0. The second kappa shape index (κ2) is 23.0. The molecule has 2 aliphatic carbocycles. The van der Waals surface area contributed by atoms with Gasteiger partial charge in [0.15, 0.2) is 0 Å². The minimum Gasteiger partial charge on any atom is -0.456 e. The molecular weight excluding hydrogens is 1020 g/mol. The molecule has 0 spiro atoms. The van der Waals surface area contributed by atoms with Gasteiger partial charge in [0.2, 0.25) is 0 Å². The van der Waals surface area contributed by atoms with Gasteiger partial charge in [0.25, 0.3) is 0 Å². The second-order valence-corrected chi connectivity index (χ2v) is 20.7. The summed E-state index contributed by atoms with van der Waals surface area (Å²) in [6, 6.07) is 51.0. The standard InChI is InChI=1S/C28H32N4O.C22H18N8.C14H13N5/c29-27(31-23-5-1-2-6-23)21-13-9-19(10-14-21)25-17-18-26(33-25)20-11-15-22(16-12-20)28(30)32-24-7-3-4-8-24;23-19(24)11-1-3-12(4-2-11)21-27-16-8-6-14(10-18(16)29-21)22-28-15-7-5-13(20(25)26)9-17(15)30-22;15-13(16)7-1-3-9-10-4-2-8(14(17)18)6-12(10)19-11(9)5-7/h9-18,23-24H,1-8H2,(H2,29,31)(H2,30,32);1-10H,(H3,23,24)(H3,25,26)(H,27,29)(H,28,30);1-6,19H,(H3,15,16)(H3,17,18). The summed E-state index contributed by atoms with van der Waals surface area (Å²) in [6.07, 6.45) is 9.61. The number of aliphatic imine (C=N–C) groups is 2. The van der Waals surface area contributed by atoms with Gasteiger partial charge in [0.1, 0.15) is 58.2 Å². The molecule has 0 atom stereocenters. The largest absolute Gasteiger partial charge is 0.456 e. The van der Waals surface area contributed by atoms with E-state index < -0.39 is 0 Å². The lowest BCUT2D eigenvalue weighted by Crippen LogP contribution is -2.16. The molecule has 82 heavy (non-hydrogen) atoms. The summed E-state index contributed by atoms with van der Waals surface area (Å²) in [5, 5.41) is 32.1. The summed E-state index contributed by atoms with van der Waals surface area (Å²) in [5.74, 6) is 4.54. The molecule has 18 heteroatoms. The van der Waals surface area contributed by atoms with E-state index in [9.17, 15) is 0 Å². The highest BCUT2D eigenvalue weighted by Gasteiger charge is 2.18. The molecule has 11 aromatic rings. The molecule has 0 saturated heterocycles. The van der Waals surface area contributed by atoms with Crippen LogP contribution in [0.1, 0.15) is 84.7 Å². The molecule has 0 radical (unpaired) electrons. The Morgan fingerprint density at radius 1 is 0.378 bits per heavy atom. The van der Waals surface area contributed by atoms with Crippen LogP contribution in [0.25, 0.3) is 89.3 Å². The smallest absolute Gasteiger partial charge is 0.138 e. The van der Waals surface area contributed by atoms with E-state index in [1.807, 2.05) is 140 Å². The first-order valence-corrected chi connectivity index (χ1v) is 27.2. The maximum Gasteiger partial charge on any atom is 0.138 e. The lowest BCUT2D eigenvalue weighted by atomic mass is 10.1. The summed E-state index contributed by atoms with van der Waals surface area (Å²) < 4.78 is 6.15. The summed E-state index contributed by atoms with van der Waals surface area (Å²) >= 11 is 0. The number of amidine groups is 6. The van der Waals surface area contributed by atoms with Gasteiger partial charge >= 0.3 is 0 Å². The highest BCUT2D eigenvalue weighted by molar-refractivity contribution is 6.11. The predicted molar refractivity (Wildman–Crippen MR) is 332 cm³/mol. The second-order valence-electron chi connectivity index (χ2n) is 20.7. The quantitative estimate of drug-likeness (QED) is 0.0408. The summed E-state index contributed by atoms with van der Waals surface area (Å²) in [7, 11) is 0. The molecule has 2 fully saturated rings. The Morgan fingerprint density at radius 2 is 0.732 bits per heavy atom. The Labute approximate surface area is 472 Å². The van der Waals surface area contributed by atoms with Crippen molar-refractivity contribution in [3.8, 4) is 45.4 Å². The fourth-order valence-electron chi connectivity index (χ4n) is 10.5. The predicted octanol–water partition coefficient (Wildman–Crippen LogP) is 11.1. The van der Waals surface area contributed by atoms with Gasteiger partial charge in [-0.3, -0.25) is 31.6 Å². The number of imidazole rings is 2. The first-order chi connectivity index (χ1) is 39.7. The minimum absolute atomic E-state index is 0.0239. The molecule has 7 aromatic carbocycles. The number of fused-ring (bicyclic) bond motifs is 5. The summed E-state index contributed by atoms with van der Waals surface area (Å²) in [5.41, 5.74) is 48.3.